The Labute approximate surface area is 497 Å². The van der Waals surface area contributed by atoms with E-state index in [2.05, 4.69) is 138 Å². The molecule has 0 bridgehead atoms. The second-order valence-electron chi connectivity index (χ2n) is 19.7. The van der Waals surface area contributed by atoms with E-state index >= 15 is 0 Å². The molecule has 0 saturated carbocycles. The van der Waals surface area contributed by atoms with Gasteiger partial charge in [-0.2, -0.15) is 24.5 Å². The minimum absolute atomic E-state index is 0. The number of carboxylic acids is 2. The van der Waals surface area contributed by atoms with Gasteiger partial charge in [0.15, 0.2) is 0 Å². The Morgan fingerprint density at radius 3 is 2.11 bits per heavy atom. The molecule has 12 nitrogen and oxygen atoms in total. The Morgan fingerprint density at radius 1 is 0.829 bits per heavy atom. The summed E-state index contributed by atoms with van der Waals surface area (Å²) in [5.41, 5.74) is 19.1. The number of carbonyl (C=O) groups is 2. The van der Waals surface area contributed by atoms with Crippen LogP contribution in [-0.2, 0) is 24.9 Å². The van der Waals surface area contributed by atoms with Crippen molar-refractivity contribution in [1.29, 1.82) is 5.41 Å². The molecule has 18 heteroatoms. The van der Waals surface area contributed by atoms with Gasteiger partial charge < -0.3 is 31.6 Å². The second-order valence-corrected chi connectivity index (χ2v) is 21.0. The number of anilines is 3. The van der Waals surface area contributed by atoms with Crippen LogP contribution in [0.15, 0.2) is 176 Å². The summed E-state index contributed by atoms with van der Waals surface area (Å²) in [5, 5.41) is 39.5. The van der Waals surface area contributed by atoms with Gasteiger partial charge in [0.1, 0.15) is 5.71 Å². The fourth-order valence-corrected chi connectivity index (χ4v) is 11.2. The number of halogens is 3. The van der Waals surface area contributed by atoms with E-state index in [9.17, 15) is 33.0 Å². The van der Waals surface area contributed by atoms with Crippen LogP contribution >= 0.6 is 24.0 Å². The fourth-order valence-electron chi connectivity index (χ4n) is 9.95. The molecule has 0 amide bonds. The summed E-state index contributed by atoms with van der Waals surface area (Å²) in [4.78, 5) is 40.2. The second kappa shape index (κ2) is 27.6. The number of nitrogens with one attached hydrogen (secondary N) is 2. The molecule has 1 aliphatic carbocycles. The molecular formula is C64H56F3N8O4RuS2-. The normalized spacial score (nSPS) is 14.7. The van der Waals surface area contributed by atoms with Crippen LogP contribution in [-0.4, -0.2) is 59.9 Å². The van der Waals surface area contributed by atoms with E-state index in [4.69, 9.17) is 21.5 Å². The molecule has 0 spiro atoms. The maximum Gasteiger partial charge on any atom is 2.00 e. The first-order valence-corrected chi connectivity index (χ1v) is 27.5. The average molecular weight is 1220 g/mol. The minimum atomic E-state index is -4.75. The number of aromatic nitrogens is 3. The number of para-hydroxylation sites is 2. The van der Waals surface area contributed by atoms with Crippen molar-refractivity contribution < 1.29 is 52.5 Å². The molecule has 0 saturated heterocycles. The van der Waals surface area contributed by atoms with Crippen LogP contribution in [0.4, 0.5) is 30.2 Å². The van der Waals surface area contributed by atoms with E-state index in [0.717, 1.165) is 58.8 Å². The molecule has 4 aromatic carbocycles. The zero-order valence-electron chi connectivity index (χ0n) is 44.9. The Hall–Kier alpha value is -8.14. The zero-order valence-corrected chi connectivity index (χ0v) is 48.3. The number of allylic oxidation sites excluding steroid dienone is 4. The molecule has 82 heavy (non-hydrogen) atoms. The number of alkyl halides is 3. The van der Waals surface area contributed by atoms with Gasteiger partial charge >= 0.3 is 37.6 Å². The first kappa shape index (κ1) is 61.5. The maximum absolute atomic E-state index is 12.5. The van der Waals surface area contributed by atoms with Gasteiger partial charge in [-0.05, 0) is 143 Å². The third-order valence-corrected chi connectivity index (χ3v) is 15.2. The number of pyridine rings is 3. The predicted octanol–water partition coefficient (Wildman–Crippen LogP) is 17.9. The number of hydrogen-bond acceptors (Lipinski definition) is 9. The number of aromatic carboxylic acids is 2. The van der Waals surface area contributed by atoms with Crippen molar-refractivity contribution in [3.8, 4) is 22.5 Å². The average Bonchev–Trinajstić information content (AvgIpc) is 3.07. The molecule has 1 atom stereocenters. The van der Waals surface area contributed by atoms with Crippen LogP contribution in [0.25, 0.3) is 55.1 Å². The van der Waals surface area contributed by atoms with E-state index in [-0.39, 0.29) is 53.1 Å². The molecule has 418 valence electrons. The predicted molar refractivity (Wildman–Crippen MR) is 322 cm³/mol. The van der Waals surface area contributed by atoms with Crippen LogP contribution in [0, 0.1) is 5.41 Å². The monoisotopic (exact) mass is 1220 g/mol. The number of isothiocyanates is 1. The van der Waals surface area contributed by atoms with Gasteiger partial charge in [-0.25, -0.2) is 9.59 Å². The van der Waals surface area contributed by atoms with Crippen molar-refractivity contribution in [1.82, 2.24) is 15.0 Å². The topological polar surface area (TPSA) is 201 Å². The number of benzene rings is 4. The van der Waals surface area contributed by atoms with Crippen LogP contribution in [0.3, 0.4) is 0 Å². The molecule has 3 aromatic heterocycles. The largest absolute Gasteiger partial charge is 2.00 e. The van der Waals surface area contributed by atoms with Gasteiger partial charge in [0.25, 0.3) is 0 Å². The van der Waals surface area contributed by atoms with E-state index in [1.165, 1.54) is 93.8 Å². The van der Waals surface area contributed by atoms with Crippen molar-refractivity contribution >= 4 is 80.0 Å². The first-order chi connectivity index (χ1) is 38.9. The van der Waals surface area contributed by atoms with Gasteiger partial charge in [-0.1, -0.05) is 131 Å². The molecule has 2 aliphatic heterocycles. The Bertz CT molecular complexity index is 3620. The molecule has 7 aromatic rings. The number of thioether (sulfide) groups is 1. The summed E-state index contributed by atoms with van der Waals surface area (Å²) in [6.07, 6.45) is 11.2. The van der Waals surface area contributed by atoms with Gasteiger partial charge in [-0.15, -0.1) is 17.5 Å². The summed E-state index contributed by atoms with van der Waals surface area (Å²) in [6, 6.07) is 42.6. The van der Waals surface area contributed by atoms with Crippen molar-refractivity contribution in [3.05, 3.63) is 237 Å². The standard InChI is InChI=1S/C44H33N4O4.C19H23F3N3S.CNS.Ru/c1-44(2)36-21-27(13-15-34(36)35-16-14-33(26-37(35)44)48(31-9-5-3-6-10-31)32-11-7-4-8-12-32)28-17-19-45-38(22-28)40-24-30(43(51)52)25-41(47-40)39-23-29(42(49)50)18-20-46-39;1-2-3-4-5-6-13-8-10-26-18(13)14-7-9-25-16(11-14)15(23)12-17(24)19(20,21)22;2-1-3;/h3-26,38H,1-2H3,(H,49,50)(H,51,52);7,9,11-12,23-24H,2-6,8,10H2,1H3;;/q3*-1;+2/b;15-12-,24-17?;;. The Kier molecular flexibility index (Phi) is 20.7. The van der Waals surface area contributed by atoms with Gasteiger partial charge in [0.05, 0.1) is 22.5 Å². The molecule has 5 heterocycles. The summed E-state index contributed by atoms with van der Waals surface area (Å²) in [5.74, 6) is -1.23. The van der Waals surface area contributed by atoms with Crippen LogP contribution in [0.1, 0.15) is 120 Å². The van der Waals surface area contributed by atoms with E-state index in [1.54, 1.807) is 24.0 Å². The van der Waals surface area contributed by atoms with Gasteiger partial charge in [-0.3, -0.25) is 20.4 Å². The number of nitrogens with zero attached hydrogens (tertiary/aromatic N) is 6. The molecule has 10 rings (SSSR count). The molecule has 4 N–H and O–H groups in total. The number of fused-ring (bicyclic) bond motifs is 3. The van der Waals surface area contributed by atoms with E-state index in [1.807, 2.05) is 30.4 Å². The number of rotatable bonds is 16. The molecule has 0 fully saturated rings. The van der Waals surface area contributed by atoms with Crippen LogP contribution < -0.4 is 4.90 Å². The van der Waals surface area contributed by atoms with Crippen molar-refractivity contribution in [2.24, 2.45) is 0 Å². The first-order valence-electron chi connectivity index (χ1n) is 26.1. The summed E-state index contributed by atoms with van der Waals surface area (Å²) < 4.78 is 37.5. The van der Waals surface area contributed by atoms with Crippen LogP contribution in [0.2, 0.25) is 0 Å². The van der Waals surface area contributed by atoms with E-state index in [0.29, 0.717) is 11.8 Å². The Balaban J connectivity index is 0.000000272. The maximum atomic E-state index is 12.5. The van der Waals surface area contributed by atoms with Gasteiger partial charge in [0.2, 0.25) is 0 Å². The number of thiocarbonyl (C=S) groups is 1. The zero-order chi connectivity index (χ0) is 57.8. The number of hydrogen-bond donors (Lipinski definition) is 3. The summed E-state index contributed by atoms with van der Waals surface area (Å²) in [6.45, 7) is 6.71. The minimum Gasteiger partial charge on any atom is -0.753 e. The molecule has 0 radical (unpaired) electrons. The third kappa shape index (κ3) is 14.5. The SMILES string of the molecule is CC1(C)c2cc(C3=CC(c4cc(C(=O)O)cc(-c5cc(C(=O)O)ccn5)n4)[N-]C=C3)ccc2-c2ccc(N(c3ccccc3)c3ccccc3)cc21.CCCCCCC1=C(c2ccnc(/C([NH-])=C/C(=N)C(F)(F)F)c2)SCC1.[N-]=C=S.[Ru+2]. The fraction of sp³-hybridized carbons (Fsp3) is 0.203. The Morgan fingerprint density at radius 2 is 1.46 bits per heavy atom. The van der Waals surface area contributed by atoms with E-state index < -0.39 is 35.6 Å². The summed E-state index contributed by atoms with van der Waals surface area (Å²) in [7, 11) is 0. The molecular weight excluding hydrogens is 1170 g/mol. The smallest absolute Gasteiger partial charge is 0.753 e. The summed E-state index contributed by atoms with van der Waals surface area (Å²) >= 11 is 5.45. The molecule has 3 aliphatic rings. The van der Waals surface area contributed by atoms with Crippen molar-refractivity contribution in [3.63, 3.8) is 0 Å². The third-order valence-electron chi connectivity index (χ3n) is 14.0. The van der Waals surface area contributed by atoms with Gasteiger partial charge in [0, 0.05) is 56.9 Å². The van der Waals surface area contributed by atoms with Crippen LogP contribution in [0.5, 0.6) is 0 Å². The van der Waals surface area contributed by atoms with Crippen molar-refractivity contribution in [2.45, 2.75) is 76.9 Å². The van der Waals surface area contributed by atoms with Crippen molar-refractivity contribution in [2.75, 3.05) is 10.7 Å². The number of carboxylic acid groups (broad SMARTS) is 2. The molecule has 1 unspecified atom stereocenters. The quantitative estimate of drug-likeness (QED) is 0.0362. The number of unbranched alkanes of at least 4 members (excludes halogenated alkanes) is 3.